The van der Waals surface area contributed by atoms with Gasteiger partial charge in [-0.25, -0.2) is 4.79 Å². The summed E-state index contributed by atoms with van der Waals surface area (Å²) in [5.74, 6) is 0.367. The molecule has 0 saturated carbocycles. The van der Waals surface area contributed by atoms with E-state index < -0.39 is 0 Å². The number of esters is 1. The van der Waals surface area contributed by atoms with Crippen molar-refractivity contribution in [1.82, 2.24) is 0 Å². The standard InChI is InChI=1S/C29H34O2/c1-19-11-9-12-21(15-19)22-13-10-14-23(18-22)27(30)31-26-24(28(3,4)5)16-20(2)17-25(26)29(6,7)8/h9-18H,1-8H3. The molecule has 0 aliphatic carbocycles. The maximum Gasteiger partial charge on any atom is 0.343 e. The molecule has 0 spiro atoms. The highest BCUT2D eigenvalue weighted by Gasteiger charge is 2.29. The molecule has 0 aliphatic heterocycles. The quantitative estimate of drug-likeness (QED) is 0.323. The van der Waals surface area contributed by atoms with Crippen LogP contribution >= 0.6 is 0 Å². The average Bonchev–Trinajstić information content (AvgIpc) is 2.67. The highest BCUT2D eigenvalue weighted by atomic mass is 16.5. The summed E-state index contributed by atoms with van der Waals surface area (Å²) in [4.78, 5) is 13.3. The summed E-state index contributed by atoms with van der Waals surface area (Å²) in [6.45, 7) is 17.1. The maximum atomic E-state index is 13.3. The van der Waals surface area contributed by atoms with E-state index in [1.54, 1.807) is 0 Å². The Kier molecular flexibility index (Phi) is 6.14. The van der Waals surface area contributed by atoms with Crippen molar-refractivity contribution in [2.24, 2.45) is 0 Å². The lowest BCUT2D eigenvalue weighted by Crippen LogP contribution is -2.22. The number of hydrogen-bond donors (Lipinski definition) is 0. The number of rotatable bonds is 3. The van der Waals surface area contributed by atoms with Crippen LogP contribution in [0.3, 0.4) is 0 Å². The fraction of sp³-hybridized carbons (Fsp3) is 0.345. The summed E-state index contributed by atoms with van der Waals surface area (Å²) in [6, 6.07) is 20.3. The minimum absolute atomic E-state index is 0.148. The molecule has 31 heavy (non-hydrogen) atoms. The van der Waals surface area contributed by atoms with E-state index in [0.29, 0.717) is 11.3 Å². The van der Waals surface area contributed by atoms with Crippen molar-refractivity contribution < 1.29 is 9.53 Å². The van der Waals surface area contributed by atoms with Crippen LogP contribution in [0.4, 0.5) is 0 Å². The van der Waals surface area contributed by atoms with Gasteiger partial charge in [0.15, 0.2) is 0 Å². The van der Waals surface area contributed by atoms with E-state index in [1.165, 1.54) is 11.1 Å². The van der Waals surface area contributed by atoms with Crippen LogP contribution in [-0.2, 0) is 10.8 Å². The summed E-state index contributed by atoms with van der Waals surface area (Å²) < 4.78 is 6.15. The molecule has 0 bridgehead atoms. The lowest BCUT2D eigenvalue weighted by Gasteiger charge is -2.29. The molecule has 0 heterocycles. The molecule has 0 radical (unpaired) electrons. The van der Waals surface area contributed by atoms with Crippen LogP contribution in [0, 0.1) is 13.8 Å². The molecular formula is C29H34O2. The molecule has 3 aromatic rings. The van der Waals surface area contributed by atoms with Crippen molar-refractivity contribution in [1.29, 1.82) is 0 Å². The fourth-order valence-electron chi connectivity index (χ4n) is 3.80. The summed E-state index contributed by atoms with van der Waals surface area (Å²) in [5.41, 5.74) is 6.84. The zero-order chi connectivity index (χ0) is 23.0. The Morgan fingerprint density at radius 1 is 0.677 bits per heavy atom. The number of ether oxygens (including phenoxy) is 1. The smallest absolute Gasteiger partial charge is 0.343 e. The van der Waals surface area contributed by atoms with Gasteiger partial charge in [-0.2, -0.15) is 0 Å². The van der Waals surface area contributed by atoms with Gasteiger partial charge in [0.05, 0.1) is 5.56 Å². The Morgan fingerprint density at radius 3 is 1.71 bits per heavy atom. The predicted molar refractivity (Wildman–Crippen MR) is 130 cm³/mol. The maximum absolute atomic E-state index is 13.3. The second kappa shape index (κ2) is 8.34. The largest absolute Gasteiger partial charge is 0.422 e. The number of hydrogen-bond acceptors (Lipinski definition) is 2. The number of carbonyl (C=O) groups is 1. The molecule has 0 atom stereocenters. The van der Waals surface area contributed by atoms with E-state index in [9.17, 15) is 4.79 Å². The van der Waals surface area contributed by atoms with Crippen LogP contribution in [-0.4, -0.2) is 5.97 Å². The summed E-state index contributed by atoms with van der Waals surface area (Å²) >= 11 is 0. The molecule has 0 unspecified atom stereocenters. The molecule has 0 amide bonds. The van der Waals surface area contributed by atoms with Gasteiger partial charge in [-0.05, 0) is 47.9 Å². The van der Waals surface area contributed by atoms with Crippen LogP contribution < -0.4 is 4.74 Å². The number of aryl methyl sites for hydroxylation is 2. The van der Waals surface area contributed by atoms with Crippen molar-refractivity contribution in [2.45, 2.75) is 66.2 Å². The Bertz CT molecular complexity index is 1070. The van der Waals surface area contributed by atoms with E-state index in [4.69, 9.17) is 4.74 Å². The molecule has 3 aromatic carbocycles. The SMILES string of the molecule is Cc1cccc(-c2cccc(C(=O)Oc3c(C(C)(C)C)cc(C)cc3C(C)(C)C)c2)c1. The summed E-state index contributed by atoms with van der Waals surface area (Å²) in [7, 11) is 0. The first-order valence-corrected chi connectivity index (χ1v) is 10.9. The molecular weight excluding hydrogens is 380 g/mol. The molecule has 3 rings (SSSR count). The third-order valence-electron chi connectivity index (χ3n) is 5.49. The first kappa shape index (κ1) is 22.8. The van der Waals surface area contributed by atoms with Crippen LogP contribution in [0.5, 0.6) is 5.75 Å². The van der Waals surface area contributed by atoms with Gasteiger partial charge >= 0.3 is 5.97 Å². The minimum atomic E-state index is -0.325. The Morgan fingerprint density at radius 2 is 1.19 bits per heavy atom. The monoisotopic (exact) mass is 414 g/mol. The van der Waals surface area contributed by atoms with E-state index in [-0.39, 0.29) is 16.8 Å². The van der Waals surface area contributed by atoms with Gasteiger partial charge < -0.3 is 4.74 Å². The highest BCUT2D eigenvalue weighted by Crippen LogP contribution is 2.41. The molecule has 0 fully saturated rings. The van der Waals surface area contributed by atoms with Gasteiger partial charge in [0, 0.05) is 11.1 Å². The van der Waals surface area contributed by atoms with Crippen LogP contribution in [0.2, 0.25) is 0 Å². The second-order valence-corrected chi connectivity index (χ2v) is 10.5. The van der Waals surface area contributed by atoms with Crippen LogP contribution in [0.25, 0.3) is 11.1 Å². The Balaban J connectivity index is 2.05. The second-order valence-electron chi connectivity index (χ2n) is 10.5. The topological polar surface area (TPSA) is 26.3 Å². The predicted octanol–water partition coefficient (Wildman–Crippen LogP) is 7.78. The van der Waals surface area contributed by atoms with Gasteiger partial charge in [0.1, 0.15) is 5.75 Å². The van der Waals surface area contributed by atoms with Gasteiger partial charge in [0.25, 0.3) is 0 Å². The lowest BCUT2D eigenvalue weighted by atomic mass is 9.78. The third kappa shape index (κ3) is 5.25. The average molecular weight is 415 g/mol. The molecule has 0 saturated heterocycles. The zero-order valence-electron chi connectivity index (χ0n) is 20.1. The fourth-order valence-corrected chi connectivity index (χ4v) is 3.80. The van der Waals surface area contributed by atoms with Crippen LogP contribution in [0.1, 0.15) is 74.2 Å². The number of carbonyl (C=O) groups excluding carboxylic acids is 1. The molecule has 0 aliphatic rings. The van der Waals surface area contributed by atoms with Gasteiger partial charge in [-0.15, -0.1) is 0 Å². The first-order chi connectivity index (χ1) is 14.4. The van der Waals surface area contributed by atoms with E-state index in [1.807, 2.05) is 30.3 Å². The minimum Gasteiger partial charge on any atom is -0.422 e. The normalized spacial score (nSPS) is 12.0. The first-order valence-electron chi connectivity index (χ1n) is 10.9. The molecule has 2 nitrogen and oxygen atoms in total. The molecule has 162 valence electrons. The van der Waals surface area contributed by atoms with Gasteiger partial charge in [-0.3, -0.25) is 0 Å². The van der Waals surface area contributed by atoms with E-state index >= 15 is 0 Å². The lowest BCUT2D eigenvalue weighted by molar-refractivity contribution is 0.0729. The van der Waals surface area contributed by atoms with E-state index in [0.717, 1.165) is 22.3 Å². The molecule has 0 N–H and O–H groups in total. The van der Waals surface area contributed by atoms with Crippen molar-refractivity contribution in [3.63, 3.8) is 0 Å². The van der Waals surface area contributed by atoms with Crippen molar-refractivity contribution in [3.05, 3.63) is 88.5 Å². The molecule has 0 aromatic heterocycles. The van der Waals surface area contributed by atoms with Gasteiger partial charge in [0.2, 0.25) is 0 Å². The van der Waals surface area contributed by atoms with Crippen molar-refractivity contribution in [3.8, 4) is 16.9 Å². The highest BCUT2D eigenvalue weighted by molar-refractivity contribution is 5.93. The third-order valence-corrected chi connectivity index (χ3v) is 5.49. The molecule has 2 heteroatoms. The zero-order valence-corrected chi connectivity index (χ0v) is 20.1. The Hall–Kier alpha value is -2.87. The van der Waals surface area contributed by atoms with Crippen molar-refractivity contribution in [2.75, 3.05) is 0 Å². The van der Waals surface area contributed by atoms with Gasteiger partial charge in [-0.1, -0.05) is 101 Å². The van der Waals surface area contributed by atoms with Crippen molar-refractivity contribution >= 4 is 5.97 Å². The van der Waals surface area contributed by atoms with E-state index in [2.05, 4.69) is 85.7 Å². The number of benzene rings is 3. The Labute approximate surface area is 187 Å². The summed E-state index contributed by atoms with van der Waals surface area (Å²) in [6.07, 6.45) is 0. The van der Waals surface area contributed by atoms with Crippen LogP contribution in [0.15, 0.2) is 60.7 Å². The summed E-state index contributed by atoms with van der Waals surface area (Å²) in [5, 5.41) is 0.